The minimum Gasteiger partial charge on any atom is -0.313 e. The fraction of sp³-hybridized carbons (Fsp3) is 0.423. The van der Waals surface area contributed by atoms with Gasteiger partial charge in [-0.2, -0.15) is 0 Å². The van der Waals surface area contributed by atoms with Crippen molar-refractivity contribution in [1.82, 2.24) is 4.57 Å². The lowest BCUT2D eigenvalue weighted by molar-refractivity contribution is -0.384. The molecule has 6 heteroatoms. The Kier molecular flexibility index (Phi) is 6.60. The van der Waals surface area contributed by atoms with E-state index in [0.717, 1.165) is 28.2 Å². The molecule has 0 bridgehead atoms. The molecule has 4 rings (SSSR count). The summed E-state index contributed by atoms with van der Waals surface area (Å²) in [4.78, 5) is 16.8. The van der Waals surface area contributed by atoms with E-state index in [9.17, 15) is 10.1 Å². The maximum Gasteiger partial charge on any atom is 0.269 e. The summed E-state index contributed by atoms with van der Waals surface area (Å²) in [6.07, 6.45) is 3.60. The van der Waals surface area contributed by atoms with Gasteiger partial charge in [-0.25, -0.2) is 4.99 Å². The summed E-state index contributed by atoms with van der Waals surface area (Å²) in [7, 11) is 0. The van der Waals surface area contributed by atoms with Crippen LogP contribution in [-0.2, 0) is 0 Å². The highest BCUT2D eigenvalue weighted by molar-refractivity contribution is 7.07. The molecule has 5 nitrogen and oxygen atoms in total. The second-order valence-electron chi connectivity index (χ2n) is 9.27. The van der Waals surface area contributed by atoms with Gasteiger partial charge < -0.3 is 4.57 Å². The van der Waals surface area contributed by atoms with Crippen LogP contribution in [0.1, 0.15) is 64.5 Å². The summed E-state index contributed by atoms with van der Waals surface area (Å²) in [6, 6.07) is 15.8. The Balaban J connectivity index is 1.82. The van der Waals surface area contributed by atoms with E-state index in [2.05, 4.69) is 61.9 Å². The Morgan fingerprint density at radius 2 is 1.75 bits per heavy atom. The number of non-ortho nitro benzene ring substituents is 1. The second kappa shape index (κ2) is 9.41. The second-order valence-corrected chi connectivity index (χ2v) is 10.1. The number of thiazole rings is 1. The maximum absolute atomic E-state index is 11.1. The van der Waals surface area contributed by atoms with Gasteiger partial charge in [-0.3, -0.25) is 10.1 Å². The summed E-state index contributed by atoms with van der Waals surface area (Å²) in [5.41, 5.74) is 4.47. The van der Waals surface area contributed by atoms with Gasteiger partial charge in [0.15, 0.2) is 4.80 Å². The number of nitro benzene ring substituents is 1. The van der Waals surface area contributed by atoms with Crippen molar-refractivity contribution in [3.05, 3.63) is 74.4 Å². The molecule has 1 aliphatic carbocycles. The predicted octanol–water partition coefficient (Wildman–Crippen LogP) is 7.48. The Bertz CT molecular complexity index is 1140. The van der Waals surface area contributed by atoms with E-state index in [1.54, 1.807) is 23.5 Å². The van der Waals surface area contributed by atoms with Crippen LogP contribution in [0.5, 0.6) is 0 Å². The summed E-state index contributed by atoms with van der Waals surface area (Å²) in [6.45, 7) is 9.08. The van der Waals surface area contributed by atoms with Crippen molar-refractivity contribution in [3.8, 4) is 11.3 Å². The van der Waals surface area contributed by atoms with Gasteiger partial charge in [-0.15, -0.1) is 11.3 Å². The Morgan fingerprint density at radius 1 is 1.06 bits per heavy atom. The number of aromatic nitrogens is 1. The molecular formula is C26H31N3O2S. The van der Waals surface area contributed by atoms with Gasteiger partial charge >= 0.3 is 0 Å². The molecule has 168 valence electrons. The van der Waals surface area contributed by atoms with Gasteiger partial charge in [0, 0.05) is 23.6 Å². The van der Waals surface area contributed by atoms with Gasteiger partial charge in [0.25, 0.3) is 5.69 Å². The number of nitrogens with zero attached hydrogens (tertiary/aromatic N) is 3. The van der Waals surface area contributed by atoms with E-state index >= 15 is 0 Å². The highest BCUT2D eigenvalue weighted by Gasteiger charge is 2.30. The number of hydrogen-bond donors (Lipinski definition) is 0. The molecule has 1 aromatic heterocycles. The van der Waals surface area contributed by atoms with Crippen LogP contribution >= 0.6 is 11.3 Å². The Labute approximate surface area is 193 Å². The lowest BCUT2D eigenvalue weighted by Crippen LogP contribution is -2.32. The number of nitro groups is 1. The molecular weight excluding hydrogens is 418 g/mol. The quantitative estimate of drug-likeness (QED) is 0.299. The number of rotatable bonds is 5. The van der Waals surface area contributed by atoms with Crippen molar-refractivity contribution in [2.24, 2.45) is 16.8 Å². The third kappa shape index (κ3) is 4.56. The zero-order chi connectivity index (χ0) is 22.8. The van der Waals surface area contributed by atoms with Crippen LogP contribution in [0, 0.1) is 22.0 Å². The van der Waals surface area contributed by atoms with Crippen molar-refractivity contribution < 1.29 is 4.92 Å². The molecule has 0 amide bonds. The van der Waals surface area contributed by atoms with Crippen LogP contribution in [0.25, 0.3) is 11.3 Å². The van der Waals surface area contributed by atoms with Crippen molar-refractivity contribution in [1.29, 1.82) is 0 Å². The summed E-state index contributed by atoms with van der Waals surface area (Å²) >= 11 is 1.65. The molecule has 0 saturated heterocycles. The lowest BCUT2D eigenvalue weighted by Gasteiger charge is -2.36. The molecule has 0 spiro atoms. The van der Waals surface area contributed by atoms with Crippen molar-refractivity contribution in [3.63, 3.8) is 0 Å². The topological polar surface area (TPSA) is 60.4 Å². The molecule has 2 aromatic carbocycles. The van der Waals surface area contributed by atoms with E-state index in [-0.39, 0.29) is 10.6 Å². The maximum atomic E-state index is 11.1. The molecule has 0 radical (unpaired) electrons. The Hall–Kier alpha value is -2.73. The molecule has 0 aliphatic heterocycles. The van der Waals surface area contributed by atoms with E-state index in [4.69, 9.17) is 4.99 Å². The first kappa shape index (κ1) is 22.5. The normalized spacial score (nSPS) is 21.8. The SMILES string of the molecule is CC(C)c1ccc(N=c2scc(-c3ccc([N+](=O)[O-])cc3)n2C2CCCC(C)C2C)cc1. The average Bonchev–Trinajstić information content (AvgIpc) is 3.19. The van der Waals surface area contributed by atoms with Crippen molar-refractivity contribution >= 4 is 22.7 Å². The van der Waals surface area contributed by atoms with Crippen LogP contribution < -0.4 is 4.80 Å². The van der Waals surface area contributed by atoms with Crippen LogP contribution in [0.3, 0.4) is 0 Å². The third-order valence-electron chi connectivity index (χ3n) is 6.90. The van der Waals surface area contributed by atoms with Crippen LogP contribution in [-0.4, -0.2) is 9.49 Å². The van der Waals surface area contributed by atoms with E-state index in [1.165, 1.54) is 18.4 Å². The van der Waals surface area contributed by atoms with Gasteiger partial charge in [-0.1, -0.05) is 52.7 Å². The summed E-state index contributed by atoms with van der Waals surface area (Å²) in [5.74, 6) is 1.69. The molecule has 1 aliphatic rings. The molecule has 1 heterocycles. The largest absolute Gasteiger partial charge is 0.313 e. The average molecular weight is 450 g/mol. The standard InChI is InChI=1S/C26H31N3O2S/c1-17(2)20-8-12-22(13-9-20)27-26-28(24-7-5-6-18(3)19(24)4)25(16-32-26)21-10-14-23(15-11-21)29(30)31/h8-19,24H,5-7H2,1-4H3. The summed E-state index contributed by atoms with van der Waals surface area (Å²) in [5, 5.41) is 13.3. The number of hydrogen-bond acceptors (Lipinski definition) is 4. The minimum atomic E-state index is -0.349. The third-order valence-corrected chi connectivity index (χ3v) is 7.74. The zero-order valence-electron chi connectivity index (χ0n) is 19.2. The van der Waals surface area contributed by atoms with E-state index in [1.807, 2.05) is 12.1 Å². The van der Waals surface area contributed by atoms with Gasteiger partial charge in [0.05, 0.1) is 16.3 Å². The fourth-order valence-corrected chi connectivity index (χ4v) is 5.62. The molecule has 3 atom stereocenters. The van der Waals surface area contributed by atoms with Crippen molar-refractivity contribution in [2.45, 2.75) is 58.9 Å². The lowest BCUT2D eigenvalue weighted by atomic mass is 9.78. The molecule has 0 N–H and O–H groups in total. The first-order chi connectivity index (χ1) is 15.3. The molecule has 1 saturated carbocycles. The Morgan fingerprint density at radius 3 is 2.38 bits per heavy atom. The zero-order valence-corrected chi connectivity index (χ0v) is 20.0. The van der Waals surface area contributed by atoms with Gasteiger partial charge in [-0.05, 0) is 59.6 Å². The first-order valence-electron chi connectivity index (χ1n) is 11.4. The van der Waals surface area contributed by atoms with Crippen molar-refractivity contribution in [2.75, 3.05) is 0 Å². The highest BCUT2D eigenvalue weighted by Crippen LogP contribution is 2.39. The molecule has 3 aromatic rings. The highest BCUT2D eigenvalue weighted by atomic mass is 32.1. The first-order valence-corrected chi connectivity index (χ1v) is 12.3. The van der Waals surface area contributed by atoms with E-state index in [0.29, 0.717) is 23.8 Å². The smallest absolute Gasteiger partial charge is 0.269 e. The molecule has 3 unspecified atom stereocenters. The molecule has 32 heavy (non-hydrogen) atoms. The summed E-state index contributed by atoms with van der Waals surface area (Å²) < 4.78 is 2.39. The van der Waals surface area contributed by atoms with Crippen LogP contribution in [0.4, 0.5) is 11.4 Å². The molecule has 1 fully saturated rings. The van der Waals surface area contributed by atoms with Crippen LogP contribution in [0.15, 0.2) is 58.9 Å². The minimum absolute atomic E-state index is 0.116. The monoisotopic (exact) mass is 449 g/mol. The predicted molar refractivity (Wildman–Crippen MR) is 131 cm³/mol. The van der Waals surface area contributed by atoms with Gasteiger partial charge in [0.2, 0.25) is 0 Å². The fourth-order valence-electron chi connectivity index (χ4n) is 4.65. The van der Waals surface area contributed by atoms with Crippen LogP contribution in [0.2, 0.25) is 0 Å². The van der Waals surface area contributed by atoms with E-state index < -0.39 is 0 Å². The van der Waals surface area contributed by atoms with Gasteiger partial charge in [0.1, 0.15) is 0 Å². The number of benzene rings is 2.